The van der Waals surface area contributed by atoms with Crippen LogP contribution in [0.25, 0.3) is 0 Å². The van der Waals surface area contributed by atoms with Crippen LogP contribution in [0, 0.1) is 5.92 Å². The fraction of sp³-hybridized carbons (Fsp3) is 0.643. The standard InChI is InChI=1S/C14H24N2O2/c1-11(2)10-16(7-8-18-4)13-5-6-14(12(3)17)15-9-13/h5-6,9,11-12,17H,7-8,10H2,1-4H3/t12-/m0/s1. The number of hydrogen-bond donors (Lipinski definition) is 1. The Morgan fingerprint density at radius 1 is 1.33 bits per heavy atom. The molecule has 0 aliphatic heterocycles. The maximum Gasteiger partial charge on any atom is 0.0931 e. The van der Waals surface area contributed by atoms with Crippen molar-refractivity contribution < 1.29 is 9.84 Å². The normalized spacial score (nSPS) is 12.8. The molecule has 4 nitrogen and oxygen atoms in total. The lowest BCUT2D eigenvalue weighted by atomic mass is 10.2. The Morgan fingerprint density at radius 2 is 2.06 bits per heavy atom. The fourth-order valence-electron chi connectivity index (χ4n) is 1.80. The fourth-order valence-corrected chi connectivity index (χ4v) is 1.80. The second-order valence-electron chi connectivity index (χ2n) is 4.95. The van der Waals surface area contributed by atoms with Gasteiger partial charge in [0.25, 0.3) is 0 Å². The van der Waals surface area contributed by atoms with E-state index in [4.69, 9.17) is 4.74 Å². The SMILES string of the molecule is COCCN(CC(C)C)c1ccc([C@H](C)O)nc1. The molecule has 18 heavy (non-hydrogen) atoms. The highest BCUT2D eigenvalue weighted by Crippen LogP contribution is 2.17. The Hall–Kier alpha value is -1.13. The minimum atomic E-state index is -0.517. The van der Waals surface area contributed by atoms with E-state index in [0.29, 0.717) is 18.2 Å². The predicted octanol–water partition coefficient (Wildman–Crippen LogP) is 2.24. The molecule has 1 N–H and O–H groups in total. The number of aromatic nitrogens is 1. The van der Waals surface area contributed by atoms with Crippen molar-refractivity contribution >= 4 is 5.69 Å². The molecular formula is C14H24N2O2. The molecule has 0 spiro atoms. The van der Waals surface area contributed by atoms with Crippen molar-refractivity contribution in [1.82, 2.24) is 4.98 Å². The maximum atomic E-state index is 9.44. The Labute approximate surface area is 110 Å². The van der Waals surface area contributed by atoms with Gasteiger partial charge < -0.3 is 14.7 Å². The van der Waals surface area contributed by atoms with Crippen LogP contribution in [0.2, 0.25) is 0 Å². The molecule has 0 bridgehead atoms. The third kappa shape index (κ3) is 4.63. The Balaban J connectivity index is 2.77. The first-order valence-electron chi connectivity index (χ1n) is 6.42. The lowest BCUT2D eigenvalue weighted by molar-refractivity contribution is 0.194. The van der Waals surface area contributed by atoms with Crippen LogP contribution in [0.3, 0.4) is 0 Å². The van der Waals surface area contributed by atoms with Crippen LogP contribution in [-0.2, 0) is 4.74 Å². The summed E-state index contributed by atoms with van der Waals surface area (Å²) in [6, 6.07) is 3.88. The first kappa shape index (κ1) is 14.9. The van der Waals surface area contributed by atoms with Gasteiger partial charge in [-0.15, -0.1) is 0 Å². The summed E-state index contributed by atoms with van der Waals surface area (Å²) in [5, 5.41) is 9.44. The van der Waals surface area contributed by atoms with Crippen molar-refractivity contribution in [2.75, 3.05) is 31.7 Å². The van der Waals surface area contributed by atoms with Crippen LogP contribution in [0.15, 0.2) is 18.3 Å². The topological polar surface area (TPSA) is 45.6 Å². The molecule has 0 aliphatic carbocycles. The molecule has 1 rings (SSSR count). The summed E-state index contributed by atoms with van der Waals surface area (Å²) in [5.74, 6) is 0.582. The van der Waals surface area contributed by atoms with E-state index in [1.165, 1.54) is 0 Å². The summed E-state index contributed by atoms with van der Waals surface area (Å²) in [4.78, 5) is 6.54. The monoisotopic (exact) mass is 252 g/mol. The first-order chi connectivity index (χ1) is 8.54. The third-order valence-electron chi connectivity index (χ3n) is 2.71. The van der Waals surface area contributed by atoms with Gasteiger partial charge in [-0.25, -0.2) is 0 Å². The molecular weight excluding hydrogens is 228 g/mol. The van der Waals surface area contributed by atoms with Crippen molar-refractivity contribution in [3.05, 3.63) is 24.0 Å². The van der Waals surface area contributed by atoms with Crippen LogP contribution in [-0.4, -0.2) is 36.9 Å². The van der Waals surface area contributed by atoms with Crippen LogP contribution >= 0.6 is 0 Å². The van der Waals surface area contributed by atoms with E-state index >= 15 is 0 Å². The van der Waals surface area contributed by atoms with Gasteiger partial charge in [0.05, 0.1) is 30.3 Å². The average Bonchev–Trinajstić information content (AvgIpc) is 2.34. The number of aliphatic hydroxyl groups excluding tert-OH is 1. The van der Waals surface area contributed by atoms with Gasteiger partial charge in [-0.2, -0.15) is 0 Å². The van der Waals surface area contributed by atoms with Gasteiger partial charge in [-0.05, 0) is 25.0 Å². The molecule has 4 heteroatoms. The van der Waals surface area contributed by atoms with Gasteiger partial charge in [0, 0.05) is 20.2 Å². The molecule has 0 radical (unpaired) electrons. The van der Waals surface area contributed by atoms with Gasteiger partial charge in [0.2, 0.25) is 0 Å². The zero-order valence-electron chi connectivity index (χ0n) is 11.8. The van der Waals surface area contributed by atoms with Crippen molar-refractivity contribution in [2.24, 2.45) is 5.92 Å². The molecule has 0 saturated heterocycles. The summed E-state index contributed by atoms with van der Waals surface area (Å²) in [5.41, 5.74) is 1.78. The van der Waals surface area contributed by atoms with Crippen molar-refractivity contribution in [3.8, 4) is 0 Å². The smallest absolute Gasteiger partial charge is 0.0931 e. The van der Waals surface area contributed by atoms with E-state index in [-0.39, 0.29) is 0 Å². The van der Waals surface area contributed by atoms with Crippen LogP contribution in [0.1, 0.15) is 32.6 Å². The van der Waals surface area contributed by atoms with Gasteiger partial charge in [-0.1, -0.05) is 13.8 Å². The van der Waals surface area contributed by atoms with Crippen LogP contribution < -0.4 is 4.90 Å². The second-order valence-corrected chi connectivity index (χ2v) is 4.95. The number of ether oxygens (including phenoxy) is 1. The van der Waals surface area contributed by atoms with E-state index < -0.39 is 6.10 Å². The van der Waals surface area contributed by atoms with Crippen molar-refractivity contribution in [1.29, 1.82) is 0 Å². The molecule has 102 valence electrons. The van der Waals surface area contributed by atoms with Crippen molar-refractivity contribution in [3.63, 3.8) is 0 Å². The molecule has 0 aromatic carbocycles. The highest BCUT2D eigenvalue weighted by Gasteiger charge is 2.10. The summed E-state index contributed by atoms with van der Waals surface area (Å²) < 4.78 is 5.14. The molecule has 1 aromatic heterocycles. The first-order valence-corrected chi connectivity index (χ1v) is 6.42. The Kier molecular flexibility index (Phi) is 6.09. The minimum absolute atomic E-state index is 0.517. The number of hydrogen-bond acceptors (Lipinski definition) is 4. The lowest BCUT2D eigenvalue weighted by Gasteiger charge is -2.26. The Bertz CT molecular complexity index is 336. The van der Waals surface area contributed by atoms with Crippen LogP contribution in [0.5, 0.6) is 0 Å². The number of anilines is 1. The number of aliphatic hydroxyl groups is 1. The summed E-state index contributed by atoms with van der Waals surface area (Å²) in [7, 11) is 1.71. The number of pyridine rings is 1. The van der Waals surface area contributed by atoms with Crippen LogP contribution in [0.4, 0.5) is 5.69 Å². The molecule has 0 saturated carbocycles. The Morgan fingerprint density at radius 3 is 2.50 bits per heavy atom. The number of methoxy groups -OCH3 is 1. The molecule has 1 atom stereocenters. The largest absolute Gasteiger partial charge is 0.387 e. The summed E-state index contributed by atoms with van der Waals surface area (Å²) >= 11 is 0. The van der Waals surface area contributed by atoms with Gasteiger partial charge in [0.15, 0.2) is 0 Å². The van der Waals surface area contributed by atoms with E-state index in [9.17, 15) is 5.11 Å². The minimum Gasteiger partial charge on any atom is -0.387 e. The zero-order valence-corrected chi connectivity index (χ0v) is 11.8. The molecule has 0 fully saturated rings. The summed E-state index contributed by atoms with van der Waals surface area (Å²) in [6.07, 6.45) is 1.30. The third-order valence-corrected chi connectivity index (χ3v) is 2.71. The number of nitrogens with zero attached hydrogens (tertiary/aromatic N) is 2. The molecule has 1 heterocycles. The number of rotatable bonds is 7. The average molecular weight is 252 g/mol. The molecule has 0 amide bonds. The van der Waals surface area contributed by atoms with Gasteiger partial charge in [0.1, 0.15) is 0 Å². The quantitative estimate of drug-likeness (QED) is 0.808. The van der Waals surface area contributed by atoms with E-state index in [0.717, 1.165) is 18.8 Å². The van der Waals surface area contributed by atoms with E-state index in [1.54, 1.807) is 14.0 Å². The molecule has 1 aromatic rings. The lowest BCUT2D eigenvalue weighted by Crippen LogP contribution is -2.31. The van der Waals surface area contributed by atoms with Crippen molar-refractivity contribution in [2.45, 2.75) is 26.9 Å². The van der Waals surface area contributed by atoms with Gasteiger partial charge in [-0.3, -0.25) is 4.98 Å². The van der Waals surface area contributed by atoms with E-state index in [2.05, 4.69) is 23.7 Å². The predicted molar refractivity (Wildman–Crippen MR) is 73.8 cm³/mol. The maximum absolute atomic E-state index is 9.44. The summed E-state index contributed by atoms with van der Waals surface area (Å²) in [6.45, 7) is 8.63. The highest BCUT2D eigenvalue weighted by molar-refractivity contribution is 5.44. The van der Waals surface area contributed by atoms with E-state index in [1.807, 2.05) is 18.3 Å². The molecule has 0 unspecified atom stereocenters. The molecule has 0 aliphatic rings. The zero-order chi connectivity index (χ0) is 13.5. The van der Waals surface area contributed by atoms with Gasteiger partial charge >= 0.3 is 0 Å². The second kappa shape index (κ2) is 7.34. The highest BCUT2D eigenvalue weighted by atomic mass is 16.5.